The molecule has 2 rings (SSSR count). The van der Waals surface area contributed by atoms with Crippen molar-refractivity contribution in [2.24, 2.45) is 5.92 Å². The lowest BCUT2D eigenvalue weighted by Gasteiger charge is -2.29. The Labute approximate surface area is 143 Å². The zero-order valence-corrected chi connectivity index (χ0v) is 14.7. The predicted octanol–water partition coefficient (Wildman–Crippen LogP) is 2.29. The van der Waals surface area contributed by atoms with Gasteiger partial charge in [0.1, 0.15) is 0 Å². The molecule has 1 aromatic carbocycles. The minimum atomic E-state index is -0.465. The lowest BCUT2D eigenvalue weighted by atomic mass is 9.91. The lowest BCUT2D eigenvalue weighted by molar-refractivity contribution is -0.124. The zero-order chi connectivity index (χ0) is 17.7. The lowest BCUT2D eigenvalue weighted by Crippen LogP contribution is -2.50. The Morgan fingerprint density at radius 1 is 1.25 bits per heavy atom. The highest BCUT2D eigenvalue weighted by Gasteiger charge is 2.36. The van der Waals surface area contributed by atoms with Gasteiger partial charge in [-0.25, -0.2) is 0 Å². The van der Waals surface area contributed by atoms with Crippen LogP contribution in [-0.4, -0.2) is 42.2 Å². The van der Waals surface area contributed by atoms with E-state index in [4.69, 9.17) is 4.74 Å². The van der Waals surface area contributed by atoms with E-state index < -0.39 is 5.54 Å². The Bertz CT molecular complexity index is 574. The van der Waals surface area contributed by atoms with Gasteiger partial charge in [-0.15, -0.1) is 0 Å². The molecule has 1 saturated heterocycles. The number of hydrogen-bond acceptors (Lipinski definition) is 4. The highest BCUT2D eigenvalue weighted by molar-refractivity contribution is 5.97. The molecule has 1 amide bonds. The summed E-state index contributed by atoms with van der Waals surface area (Å²) >= 11 is 0. The van der Waals surface area contributed by atoms with E-state index in [1.165, 1.54) is 0 Å². The van der Waals surface area contributed by atoms with Crippen LogP contribution in [0.5, 0.6) is 0 Å². The summed E-state index contributed by atoms with van der Waals surface area (Å²) in [6.07, 6.45) is 1.21. The maximum Gasteiger partial charge on any atom is 0.227 e. The standard InChI is InChI=1S/C19H27NO4/c1-13(2)17(22)16-6-4-15(5-7-16)14(3)18(23)20-19(8-10-21)9-11-24-12-19/h4-7,13-14,21H,8-12H2,1-3H3,(H,20,23)/t14-,19+/m0/s1. The fourth-order valence-electron chi connectivity index (χ4n) is 2.97. The summed E-state index contributed by atoms with van der Waals surface area (Å²) in [5, 5.41) is 12.3. The van der Waals surface area contributed by atoms with Crippen LogP contribution in [0.15, 0.2) is 24.3 Å². The SMILES string of the molecule is CC(C)C(=O)c1ccc([C@H](C)C(=O)N[C@]2(CCO)CCOC2)cc1. The number of nitrogens with one attached hydrogen (secondary N) is 1. The molecule has 0 aliphatic carbocycles. The Balaban J connectivity index is 2.06. The number of carbonyl (C=O) groups is 2. The molecule has 0 saturated carbocycles. The van der Waals surface area contributed by atoms with Crippen molar-refractivity contribution in [1.82, 2.24) is 5.32 Å². The summed E-state index contributed by atoms with van der Waals surface area (Å²) in [4.78, 5) is 24.6. The van der Waals surface area contributed by atoms with E-state index in [-0.39, 0.29) is 30.1 Å². The summed E-state index contributed by atoms with van der Waals surface area (Å²) in [7, 11) is 0. The van der Waals surface area contributed by atoms with Crippen LogP contribution >= 0.6 is 0 Å². The maximum atomic E-state index is 12.6. The molecular weight excluding hydrogens is 306 g/mol. The number of benzene rings is 1. The summed E-state index contributed by atoms with van der Waals surface area (Å²) in [5.74, 6) is -0.359. The van der Waals surface area contributed by atoms with E-state index in [0.29, 0.717) is 31.6 Å². The molecule has 132 valence electrons. The first-order valence-corrected chi connectivity index (χ1v) is 8.53. The Morgan fingerprint density at radius 2 is 1.92 bits per heavy atom. The molecule has 0 radical (unpaired) electrons. The minimum Gasteiger partial charge on any atom is -0.396 e. The van der Waals surface area contributed by atoms with Crippen LogP contribution in [0.1, 0.15) is 55.5 Å². The Hall–Kier alpha value is -1.72. The van der Waals surface area contributed by atoms with Crippen LogP contribution in [0.4, 0.5) is 0 Å². The van der Waals surface area contributed by atoms with Gasteiger partial charge in [0.25, 0.3) is 0 Å². The van der Waals surface area contributed by atoms with E-state index in [9.17, 15) is 14.7 Å². The predicted molar refractivity (Wildman–Crippen MR) is 92.0 cm³/mol. The summed E-state index contributed by atoms with van der Waals surface area (Å²) in [6, 6.07) is 7.24. The molecule has 1 aliphatic rings. The molecule has 1 fully saturated rings. The summed E-state index contributed by atoms with van der Waals surface area (Å²) in [6.45, 7) is 6.64. The number of aliphatic hydroxyl groups excluding tert-OH is 1. The van der Waals surface area contributed by atoms with E-state index >= 15 is 0 Å². The van der Waals surface area contributed by atoms with Crippen molar-refractivity contribution >= 4 is 11.7 Å². The number of Topliss-reactive ketones (excluding diaryl/α,β-unsaturated/α-hetero) is 1. The van der Waals surface area contributed by atoms with Gasteiger partial charge < -0.3 is 15.2 Å². The summed E-state index contributed by atoms with van der Waals surface area (Å²) < 4.78 is 5.40. The van der Waals surface area contributed by atoms with E-state index in [1.54, 1.807) is 12.1 Å². The second kappa shape index (κ2) is 7.90. The van der Waals surface area contributed by atoms with Gasteiger partial charge in [0.15, 0.2) is 5.78 Å². The third kappa shape index (κ3) is 4.22. The second-order valence-corrected chi connectivity index (χ2v) is 6.91. The van der Waals surface area contributed by atoms with Crippen LogP contribution in [0.3, 0.4) is 0 Å². The van der Waals surface area contributed by atoms with Gasteiger partial charge >= 0.3 is 0 Å². The van der Waals surface area contributed by atoms with Crippen molar-refractivity contribution in [3.05, 3.63) is 35.4 Å². The van der Waals surface area contributed by atoms with Crippen molar-refractivity contribution in [2.45, 2.75) is 45.1 Å². The van der Waals surface area contributed by atoms with Crippen LogP contribution in [0, 0.1) is 5.92 Å². The molecule has 0 spiro atoms. The van der Waals surface area contributed by atoms with Gasteiger partial charge in [-0.05, 0) is 25.3 Å². The fraction of sp³-hybridized carbons (Fsp3) is 0.579. The molecule has 0 aromatic heterocycles. The third-order valence-electron chi connectivity index (χ3n) is 4.69. The first-order valence-electron chi connectivity index (χ1n) is 8.53. The van der Waals surface area contributed by atoms with Gasteiger partial charge in [-0.3, -0.25) is 9.59 Å². The van der Waals surface area contributed by atoms with Gasteiger partial charge in [0.05, 0.1) is 18.1 Å². The number of amides is 1. The van der Waals surface area contributed by atoms with Crippen LogP contribution in [0.25, 0.3) is 0 Å². The molecule has 2 atom stereocenters. The van der Waals surface area contributed by atoms with Gasteiger partial charge in [-0.1, -0.05) is 38.1 Å². The summed E-state index contributed by atoms with van der Waals surface area (Å²) in [5.41, 5.74) is 1.07. The number of carbonyl (C=O) groups excluding carboxylic acids is 2. The molecular formula is C19H27NO4. The second-order valence-electron chi connectivity index (χ2n) is 6.91. The average molecular weight is 333 g/mol. The van der Waals surface area contributed by atoms with Crippen molar-refractivity contribution in [3.63, 3.8) is 0 Å². The van der Waals surface area contributed by atoms with Gasteiger partial charge in [0, 0.05) is 24.7 Å². The van der Waals surface area contributed by atoms with Crippen LogP contribution in [-0.2, 0) is 9.53 Å². The molecule has 0 bridgehead atoms. The van der Waals surface area contributed by atoms with Crippen molar-refractivity contribution in [2.75, 3.05) is 19.8 Å². The highest BCUT2D eigenvalue weighted by atomic mass is 16.5. The molecule has 1 aromatic rings. The smallest absolute Gasteiger partial charge is 0.227 e. The number of aliphatic hydroxyl groups is 1. The maximum absolute atomic E-state index is 12.6. The highest BCUT2D eigenvalue weighted by Crippen LogP contribution is 2.25. The quantitative estimate of drug-likeness (QED) is 0.751. The minimum absolute atomic E-state index is 0.0179. The molecule has 5 nitrogen and oxygen atoms in total. The molecule has 24 heavy (non-hydrogen) atoms. The number of ether oxygens (including phenoxy) is 1. The topological polar surface area (TPSA) is 75.6 Å². The Morgan fingerprint density at radius 3 is 2.42 bits per heavy atom. The van der Waals surface area contributed by atoms with Crippen molar-refractivity contribution in [3.8, 4) is 0 Å². The third-order valence-corrected chi connectivity index (χ3v) is 4.69. The molecule has 0 unspecified atom stereocenters. The first kappa shape index (κ1) is 18.6. The molecule has 1 heterocycles. The zero-order valence-electron chi connectivity index (χ0n) is 14.7. The number of rotatable bonds is 7. The van der Waals surface area contributed by atoms with Crippen LogP contribution < -0.4 is 5.32 Å². The van der Waals surface area contributed by atoms with Crippen LogP contribution in [0.2, 0.25) is 0 Å². The Kier molecular flexibility index (Phi) is 6.13. The number of ketones is 1. The monoisotopic (exact) mass is 333 g/mol. The molecule has 1 aliphatic heterocycles. The van der Waals surface area contributed by atoms with Gasteiger partial charge in [0.2, 0.25) is 5.91 Å². The number of hydrogen-bond donors (Lipinski definition) is 2. The molecule has 2 N–H and O–H groups in total. The van der Waals surface area contributed by atoms with E-state index in [0.717, 1.165) is 5.56 Å². The van der Waals surface area contributed by atoms with Crippen molar-refractivity contribution in [1.29, 1.82) is 0 Å². The van der Waals surface area contributed by atoms with E-state index in [1.807, 2.05) is 32.9 Å². The normalized spacial score (nSPS) is 21.7. The fourth-order valence-corrected chi connectivity index (χ4v) is 2.97. The van der Waals surface area contributed by atoms with E-state index in [2.05, 4.69) is 5.32 Å². The van der Waals surface area contributed by atoms with Crippen molar-refractivity contribution < 1.29 is 19.4 Å². The van der Waals surface area contributed by atoms with Gasteiger partial charge in [-0.2, -0.15) is 0 Å². The largest absolute Gasteiger partial charge is 0.396 e. The average Bonchev–Trinajstić information content (AvgIpc) is 3.02. The molecule has 5 heteroatoms. The first-order chi connectivity index (χ1) is 11.4.